The monoisotopic (exact) mass is 349 g/mol. The van der Waals surface area contributed by atoms with Crippen LogP contribution in [0.2, 0.25) is 0 Å². The molecule has 0 saturated carbocycles. The lowest BCUT2D eigenvalue weighted by Crippen LogP contribution is -2.32. The number of nitrogens with zero attached hydrogens (tertiary/aromatic N) is 3. The highest BCUT2D eigenvalue weighted by molar-refractivity contribution is 7.99. The van der Waals surface area contributed by atoms with Gasteiger partial charge in [-0.05, 0) is 45.0 Å². The lowest BCUT2D eigenvalue weighted by atomic mass is 10.1. The van der Waals surface area contributed by atoms with Gasteiger partial charge in [-0.3, -0.25) is 14.8 Å². The zero-order valence-corrected chi connectivity index (χ0v) is 14.6. The minimum atomic E-state index is -0.176. The van der Waals surface area contributed by atoms with Crippen molar-refractivity contribution in [3.05, 3.63) is 30.0 Å². The lowest BCUT2D eigenvalue weighted by Gasteiger charge is -2.31. The van der Waals surface area contributed by atoms with Crippen molar-refractivity contribution in [1.29, 1.82) is 0 Å². The second kappa shape index (κ2) is 8.34. The van der Waals surface area contributed by atoms with Crippen LogP contribution in [0.1, 0.15) is 48.5 Å². The fraction of sp³-hybridized carbons (Fsp3) is 0.562. The number of amides is 1. The van der Waals surface area contributed by atoms with Crippen LogP contribution in [-0.4, -0.2) is 51.4 Å². The highest BCUT2D eigenvalue weighted by atomic mass is 32.2. The summed E-state index contributed by atoms with van der Waals surface area (Å²) in [4.78, 5) is 18.6. The standard InChI is InChI=1S/C16H23N5O2S/c1-12(21-8-3-2-4-9-21)13-5-6-14(23-13)15(22)17-7-10-24-16-18-11-19-20-16/h5-6,11-12H,2-4,7-10H2,1H3,(H,17,22)(H,18,19,20). The van der Waals surface area contributed by atoms with E-state index >= 15 is 0 Å². The van der Waals surface area contributed by atoms with Crippen LogP contribution in [-0.2, 0) is 0 Å². The average Bonchev–Trinajstić information content (AvgIpc) is 3.30. The molecular weight excluding hydrogens is 326 g/mol. The molecule has 3 rings (SSSR count). The van der Waals surface area contributed by atoms with E-state index in [-0.39, 0.29) is 11.9 Å². The summed E-state index contributed by atoms with van der Waals surface area (Å²) in [5.74, 6) is 1.78. The second-order valence-electron chi connectivity index (χ2n) is 5.87. The molecule has 0 radical (unpaired) electrons. The van der Waals surface area contributed by atoms with Crippen LogP contribution in [0.4, 0.5) is 0 Å². The fourth-order valence-electron chi connectivity index (χ4n) is 2.85. The number of piperidine rings is 1. The molecule has 2 aromatic heterocycles. The van der Waals surface area contributed by atoms with Crippen LogP contribution < -0.4 is 5.32 Å². The van der Waals surface area contributed by atoms with Gasteiger partial charge in [0.25, 0.3) is 5.91 Å². The summed E-state index contributed by atoms with van der Waals surface area (Å²) in [6.07, 6.45) is 5.25. The number of thioether (sulfide) groups is 1. The van der Waals surface area contributed by atoms with Gasteiger partial charge in [-0.15, -0.1) is 0 Å². The number of nitrogens with one attached hydrogen (secondary N) is 2. The first-order valence-electron chi connectivity index (χ1n) is 8.34. The van der Waals surface area contributed by atoms with Gasteiger partial charge in [-0.1, -0.05) is 18.2 Å². The highest BCUT2D eigenvalue weighted by Crippen LogP contribution is 2.25. The van der Waals surface area contributed by atoms with Crippen molar-refractivity contribution in [3.8, 4) is 0 Å². The molecule has 0 aromatic carbocycles. The number of carbonyl (C=O) groups excluding carboxylic acids is 1. The van der Waals surface area contributed by atoms with E-state index in [2.05, 4.69) is 32.3 Å². The third kappa shape index (κ3) is 4.39. The Morgan fingerprint density at radius 1 is 1.42 bits per heavy atom. The summed E-state index contributed by atoms with van der Waals surface area (Å²) >= 11 is 1.51. The summed E-state index contributed by atoms with van der Waals surface area (Å²) < 4.78 is 5.77. The first-order valence-corrected chi connectivity index (χ1v) is 9.33. The minimum absolute atomic E-state index is 0.176. The SMILES string of the molecule is CC(c1ccc(C(=O)NCCSc2ncn[nH]2)o1)N1CCCCC1. The number of aromatic amines is 1. The molecule has 7 nitrogen and oxygen atoms in total. The van der Waals surface area contributed by atoms with E-state index in [1.165, 1.54) is 37.4 Å². The smallest absolute Gasteiger partial charge is 0.287 e. The lowest BCUT2D eigenvalue weighted by molar-refractivity contribution is 0.0919. The molecule has 24 heavy (non-hydrogen) atoms. The van der Waals surface area contributed by atoms with Gasteiger partial charge in [0.05, 0.1) is 6.04 Å². The Morgan fingerprint density at radius 3 is 3.00 bits per heavy atom. The predicted molar refractivity (Wildman–Crippen MR) is 92.0 cm³/mol. The fourth-order valence-corrected chi connectivity index (χ4v) is 3.48. The quantitative estimate of drug-likeness (QED) is 0.590. The maximum Gasteiger partial charge on any atom is 0.287 e. The van der Waals surface area contributed by atoms with Gasteiger partial charge in [0, 0.05) is 12.3 Å². The Kier molecular flexibility index (Phi) is 5.92. The van der Waals surface area contributed by atoms with E-state index in [0.717, 1.165) is 29.8 Å². The number of carbonyl (C=O) groups is 1. The van der Waals surface area contributed by atoms with E-state index in [1.54, 1.807) is 6.07 Å². The molecule has 2 N–H and O–H groups in total. The molecule has 3 heterocycles. The van der Waals surface area contributed by atoms with Gasteiger partial charge < -0.3 is 9.73 Å². The largest absolute Gasteiger partial charge is 0.454 e. The number of rotatable bonds is 7. The van der Waals surface area contributed by atoms with E-state index in [0.29, 0.717) is 12.3 Å². The number of H-pyrrole nitrogens is 1. The summed E-state index contributed by atoms with van der Waals surface area (Å²) in [6, 6.07) is 3.89. The summed E-state index contributed by atoms with van der Waals surface area (Å²) in [5.41, 5.74) is 0. The van der Waals surface area contributed by atoms with Gasteiger partial charge in [0.1, 0.15) is 12.1 Å². The van der Waals surface area contributed by atoms with Crippen molar-refractivity contribution in [1.82, 2.24) is 25.4 Å². The molecule has 8 heteroatoms. The van der Waals surface area contributed by atoms with E-state index in [1.807, 2.05) is 6.07 Å². The minimum Gasteiger partial charge on any atom is -0.454 e. The van der Waals surface area contributed by atoms with Crippen LogP contribution in [0.5, 0.6) is 0 Å². The Bertz CT molecular complexity index is 637. The summed E-state index contributed by atoms with van der Waals surface area (Å²) in [6.45, 7) is 4.88. The summed E-state index contributed by atoms with van der Waals surface area (Å²) in [5, 5.41) is 10.2. The average molecular weight is 349 g/mol. The van der Waals surface area contributed by atoms with Gasteiger partial charge in [0.2, 0.25) is 0 Å². The Balaban J connectivity index is 1.46. The van der Waals surface area contributed by atoms with Crippen molar-refractivity contribution in [3.63, 3.8) is 0 Å². The van der Waals surface area contributed by atoms with Crippen LogP contribution in [0, 0.1) is 0 Å². The number of hydrogen-bond donors (Lipinski definition) is 2. The highest BCUT2D eigenvalue weighted by Gasteiger charge is 2.22. The number of furan rings is 1. The van der Waals surface area contributed by atoms with E-state index in [4.69, 9.17) is 4.42 Å². The van der Waals surface area contributed by atoms with Gasteiger partial charge in [-0.25, -0.2) is 4.98 Å². The van der Waals surface area contributed by atoms with Crippen molar-refractivity contribution in [2.24, 2.45) is 0 Å². The van der Waals surface area contributed by atoms with Crippen LogP contribution >= 0.6 is 11.8 Å². The van der Waals surface area contributed by atoms with Crippen LogP contribution in [0.15, 0.2) is 28.0 Å². The van der Waals surface area contributed by atoms with Crippen LogP contribution in [0.3, 0.4) is 0 Å². The first kappa shape index (κ1) is 17.0. The molecule has 0 aliphatic carbocycles. The van der Waals surface area contributed by atoms with Gasteiger partial charge in [0.15, 0.2) is 10.9 Å². The molecule has 1 amide bonds. The molecule has 1 unspecified atom stereocenters. The van der Waals surface area contributed by atoms with Gasteiger partial charge >= 0.3 is 0 Å². The number of aromatic nitrogens is 3. The van der Waals surface area contributed by atoms with Crippen LogP contribution in [0.25, 0.3) is 0 Å². The summed E-state index contributed by atoms with van der Waals surface area (Å²) in [7, 11) is 0. The number of likely N-dealkylation sites (tertiary alicyclic amines) is 1. The van der Waals surface area contributed by atoms with Crippen molar-refractivity contribution >= 4 is 17.7 Å². The van der Waals surface area contributed by atoms with Crippen molar-refractivity contribution in [2.45, 2.75) is 37.4 Å². The third-order valence-electron chi connectivity index (χ3n) is 4.22. The molecule has 2 aromatic rings. The molecule has 130 valence electrons. The zero-order chi connectivity index (χ0) is 16.8. The Labute approximate surface area is 145 Å². The molecular formula is C16H23N5O2S. The Morgan fingerprint density at radius 2 is 2.25 bits per heavy atom. The normalized spacial score (nSPS) is 16.9. The third-order valence-corrected chi connectivity index (χ3v) is 5.10. The van der Waals surface area contributed by atoms with Gasteiger partial charge in [-0.2, -0.15) is 5.10 Å². The Hall–Kier alpha value is -1.80. The maximum absolute atomic E-state index is 12.2. The molecule has 1 atom stereocenters. The molecule has 0 spiro atoms. The molecule has 0 bridgehead atoms. The van der Waals surface area contributed by atoms with Crippen molar-refractivity contribution < 1.29 is 9.21 Å². The predicted octanol–water partition coefficient (Wildman–Crippen LogP) is 2.47. The molecule has 1 saturated heterocycles. The number of hydrogen-bond acceptors (Lipinski definition) is 6. The van der Waals surface area contributed by atoms with Crippen molar-refractivity contribution in [2.75, 3.05) is 25.4 Å². The first-order chi connectivity index (χ1) is 11.7. The topological polar surface area (TPSA) is 87.0 Å². The van der Waals surface area contributed by atoms with E-state index in [9.17, 15) is 4.79 Å². The molecule has 1 aliphatic heterocycles. The molecule has 1 fully saturated rings. The second-order valence-corrected chi connectivity index (χ2v) is 6.95. The maximum atomic E-state index is 12.2. The molecule has 1 aliphatic rings. The zero-order valence-electron chi connectivity index (χ0n) is 13.8. The van der Waals surface area contributed by atoms with E-state index < -0.39 is 0 Å².